The fourth-order valence-corrected chi connectivity index (χ4v) is 5.13. The average Bonchev–Trinajstić information content (AvgIpc) is 3.36. The number of likely N-dealkylation sites (tertiary alicyclic amines) is 1. The van der Waals surface area contributed by atoms with Crippen molar-refractivity contribution in [3.8, 4) is 5.75 Å². The van der Waals surface area contributed by atoms with Gasteiger partial charge in [-0.05, 0) is 61.2 Å². The molecule has 2 fully saturated rings. The number of nitrogens with zero attached hydrogens (tertiary/aromatic N) is 1. The van der Waals surface area contributed by atoms with Gasteiger partial charge in [-0.15, -0.1) is 0 Å². The third-order valence-electron chi connectivity index (χ3n) is 6.55. The predicted molar refractivity (Wildman–Crippen MR) is 114 cm³/mol. The zero-order valence-corrected chi connectivity index (χ0v) is 17.3. The van der Waals surface area contributed by atoms with Crippen molar-refractivity contribution < 1.29 is 18.7 Å². The lowest BCUT2D eigenvalue weighted by Gasteiger charge is -2.48. The molecule has 0 unspecified atom stereocenters. The van der Waals surface area contributed by atoms with Gasteiger partial charge in [0.25, 0.3) is 5.91 Å². The number of carbonyl (C=O) groups excluding carboxylic acids is 2. The zero-order chi connectivity index (χ0) is 21.6. The number of benzene rings is 2. The Kier molecular flexibility index (Phi) is 4.68. The molecule has 3 aromatic rings. The van der Waals surface area contributed by atoms with Crippen LogP contribution in [0.3, 0.4) is 0 Å². The normalized spacial score (nSPS) is 23.4. The van der Waals surface area contributed by atoms with Crippen LogP contribution in [0.2, 0.25) is 0 Å². The molecule has 31 heavy (non-hydrogen) atoms. The van der Waals surface area contributed by atoms with E-state index >= 15 is 0 Å². The van der Waals surface area contributed by atoms with Gasteiger partial charge in [0.1, 0.15) is 17.3 Å². The summed E-state index contributed by atoms with van der Waals surface area (Å²) in [6, 6.07) is 13.6. The number of hydrogen-bond acceptors (Lipinski definition) is 3. The summed E-state index contributed by atoms with van der Waals surface area (Å²) >= 11 is 0. The minimum absolute atomic E-state index is 0.0221. The number of amides is 2. The Morgan fingerprint density at radius 1 is 1.16 bits per heavy atom. The molecular formula is C24H24FN3O3. The average molecular weight is 421 g/mol. The number of nitrogens with one attached hydrogen (secondary N) is 2. The van der Waals surface area contributed by atoms with E-state index < -0.39 is 5.54 Å². The first-order valence-corrected chi connectivity index (χ1v) is 10.5. The number of methoxy groups -OCH3 is 1. The van der Waals surface area contributed by atoms with Crippen LogP contribution in [0.1, 0.15) is 47.8 Å². The number of H-pyrrole nitrogens is 1. The first kappa shape index (κ1) is 19.6. The number of hydrogen-bond donors (Lipinski definition) is 2. The number of aromatic nitrogens is 1. The highest BCUT2D eigenvalue weighted by Crippen LogP contribution is 2.45. The van der Waals surface area contributed by atoms with E-state index in [1.807, 2.05) is 29.2 Å². The van der Waals surface area contributed by atoms with Gasteiger partial charge in [-0.25, -0.2) is 4.39 Å². The van der Waals surface area contributed by atoms with E-state index in [1.54, 1.807) is 19.2 Å². The van der Waals surface area contributed by atoms with Crippen LogP contribution in [0.4, 0.5) is 4.39 Å². The van der Waals surface area contributed by atoms with Gasteiger partial charge in [-0.1, -0.05) is 12.1 Å². The second-order valence-electron chi connectivity index (χ2n) is 8.40. The van der Waals surface area contributed by atoms with Crippen molar-refractivity contribution in [1.82, 2.24) is 15.2 Å². The maximum absolute atomic E-state index is 13.6. The zero-order valence-electron chi connectivity index (χ0n) is 17.3. The van der Waals surface area contributed by atoms with Crippen LogP contribution in [-0.2, 0) is 4.79 Å². The number of aromatic amines is 1. The monoisotopic (exact) mass is 421 g/mol. The van der Waals surface area contributed by atoms with E-state index in [9.17, 15) is 14.0 Å². The molecular weight excluding hydrogens is 397 g/mol. The lowest BCUT2D eigenvalue weighted by Crippen LogP contribution is -2.58. The van der Waals surface area contributed by atoms with E-state index in [0.717, 1.165) is 29.5 Å². The predicted octanol–water partition coefficient (Wildman–Crippen LogP) is 3.94. The summed E-state index contributed by atoms with van der Waals surface area (Å²) in [6.07, 6.45) is 2.76. The lowest BCUT2D eigenvalue weighted by molar-refractivity contribution is -0.120. The molecule has 2 N–H and O–H groups in total. The fourth-order valence-electron chi connectivity index (χ4n) is 5.13. The SMILES string of the molecule is COc1ccc([C@H]2N(C(=O)c3cc4ccc(F)cc4[nH]3)CCC[C@]23CCC(=O)N3)cc1. The summed E-state index contributed by atoms with van der Waals surface area (Å²) in [6.45, 7) is 0.580. The summed E-state index contributed by atoms with van der Waals surface area (Å²) in [4.78, 5) is 30.8. The largest absolute Gasteiger partial charge is 0.497 e. The van der Waals surface area contributed by atoms with Gasteiger partial charge in [-0.3, -0.25) is 9.59 Å². The van der Waals surface area contributed by atoms with E-state index in [0.29, 0.717) is 30.6 Å². The van der Waals surface area contributed by atoms with Crippen LogP contribution in [0.5, 0.6) is 5.75 Å². The molecule has 160 valence electrons. The lowest BCUT2D eigenvalue weighted by atomic mass is 9.76. The third-order valence-corrected chi connectivity index (χ3v) is 6.55. The van der Waals surface area contributed by atoms with Gasteiger partial charge in [-0.2, -0.15) is 0 Å². The molecule has 0 radical (unpaired) electrons. The molecule has 2 amide bonds. The van der Waals surface area contributed by atoms with Crippen molar-refractivity contribution in [1.29, 1.82) is 0 Å². The van der Waals surface area contributed by atoms with Gasteiger partial charge in [0, 0.05) is 23.9 Å². The minimum atomic E-state index is -0.488. The Bertz CT molecular complexity index is 1160. The molecule has 2 atom stereocenters. The van der Waals surface area contributed by atoms with Crippen LogP contribution in [0, 0.1) is 5.82 Å². The van der Waals surface area contributed by atoms with E-state index in [2.05, 4.69) is 10.3 Å². The van der Waals surface area contributed by atoms with Crippen LogP contribution in [0.15, 0.2) is 48.5 Å². The van der Waals surface area contributed by atoms with Crippen molar-refractivity contribution >= 4 is 22.7 Å². The molecule has 1 aromatic heterocycles. The second kappa shape index (κ2) is 7.41. The van der Waals surface area contributed by atoms with Gasteiger partial charge in [0.2, 0.25) is 5.91 Å². The molecule has 2 aromatic carbocycles. The first-order valence-electron chi connectivity index (χ1n) is 10.5. The Balaban J connectivity index is 1.56. The van der Waals surface area contributed by atoms with Crippen molar-refractivity contribution in [2.24, 2.45) is 0 Å². The van der Waals surface area contributed by atoms with Crippen molar-refractivity contribution in [2.45, 2.75) is 37.3 Å². The highest BCUT2D eigenvalue weighted by atomic mass is 19.1. The quantitative estimate of drug-likeness (QED) is 0.673. The van der Waals surface area contributed by atoms with Gasteiger partial charge < -0.3 is 19.9 Å². The Hall–Kier alpha value is -3.35. The standard InChI is InChI=1S/C24H24FN3O3/c1-31-18-7-4-15(5-8-18)22-24(11-9-21(29)27-24)10-2-12-28(22)23(30)20-13-16-3-6-17(25)14-19(16)26-20/h3-8,13-14,22,26H,2,9-12H2,1H3,(H,27,29)/t22-,24+/m1/s1. The number of ether oxygens (including phenoxy) is 1. The van der Waals surface area contributed by atoms with Gasteiger partial charge >= 0.3 is 0 Å². The third kappa shape index (κ3) is 3.34. The number of carbonyl (C=O) groups is 2. The van der Waals surface area contributed by atoms with Crippen LogP contribution >= 0.6 is 0 Å². The number of piperidine rings is 1. The Morgan fingerprint density at radius 3 is 2.68 bits per heavy atom. The minimum Gasteiger partial charge on any atom is -0.497 e. The topological polar surface area (TPSA) is 74.4 Å². The molecule has 0 saturated carbocycles. The van der Waals surface area contributed by atoms with Gasteiger partial charge in [0.15, 0.2) is 0 Å². The van der Waals surface area contributed by atoms with Gasteiger partial charge in [0.05, 0.1) is 18.7 Å². The molecule has 0 aliphatic carbocycles. The van der Waals surface area contributed by atoms with E-state index in [4.69, 9.17) is 4.74 Å². The highest BCUT2D eigenvalue weighted by molar-refractivity contribution is 5.98. The number of rotatable bonds is 3. The molecule has 5 rings (SSSR count). The Labute approximate surface area is 179 Å². The molecule has 3 heterocycles. The molecule has 7 heteroatoms. The maximum Gasteiger partial charge on any atom is 0.270 e. The summed E-state index contributed by atoms with van der Waals surface area (Å²) in [7, 11) is 1.61. The summed E-state index contributed by atoms with van der Waals surface area (Å²) in [5.74, 6) is 0.251. The van der Waals surface area contributed by atoms with Crippen molar-refractivity contribution in [3.63, 3.8) is 0 Å². The molecule has 0 bridgehead atoms. The van der Waals surface area contributed by atoms with Crippen molar-refractivity contribution in [3.05, 3.63) is 65.6 Å². The van der Waals surface area contributed by atoms with Crippen molar-refractivity contribution in [2.75, 3.05) is 13.7 Å². The summed E-state index contributed by atoms with van der Waals surface area (Å²) < 4.78 is 18.9. The van der Waals surface area contributed by atoms with Crippen LogP contribution in [0.25, 0.3) is 10.9 Å². The number of fused-ring (bicyclic) bond motifs is 1. The van der Waals surface area contributed by atoms with Crippen LogP contribution < -0.4 is 10.1 Å². The smallest absolute Gasteiger partial charge is 0.270 e. The summed E-state index contributed by atoms with van der Waals surface area (Å²) in [5, 5.41) is 3.98. The van der Waals surface area contributed by atoms with Crippen LogP contribution in [-0.4, -0.2) is 40.9 Å². The maximum atomic E-state index is 13.6. The highest BCUT2D eigenvalue weighted by Gasteiger charge is 2.51. The molecule has 6 nitrogen and oxygen atoms in total. The fraction of sp³-hybridized carbons (Fsp3) is 0.333. The van der Waals surface area contributed by atoms with E-state index in [1.165, 1.54) is 12.1 Å². The van der Waals surface area contributed by atoms with E-state index in [-0.39, 0.29) is 23.7 Å². The summed E-state index contributed by atoms with van der Waals surface area (Å²) in [5.41, 5.74) is 1.47. The molecule has 1 spiro atoms. The first-order chi connectivity index (χ1) is 15.0. The Morgan fingerprint density at radius 2 is 1.97 bits per heavy atom. The molecule has 2 saturated heterocycles. The molecule has 2 aliphatic rings. The second-order valence-corrected chi connectivity index (χ2v) is 8.40. The molecule has 2 aliphatic heterocycles. The number of halogens is 1.